The summed E-state index contributed by atoms with van der Waals surface area (Å²) in [6.45, 7) is 12.3. The minimum atomic E-state index is -0.438. The lowest BCUT2D eigenvalue weighted by atomic mass is 9.86. The van der Waals surface area contributed by atoms with Crippen molar-refractivity contribution in [2.45, 2.75) is 65.9 Å². The minimum absolute atomic E-state index is 0.180. The van der Waals surface area contributed by atoms with Gasteiger partial charge < -0.3 is 9.47 Å². The van der Waals surface area contributed by atoms with E-state index < -0.39 is 11.9 Å². The Bertz CT molecular complexity index is 2400. The van der Waals surface area contributed by atoms with E-state index in [0.717, 1.165) is 53.7 Å². The first kappa shape index (κ1) is 42.1. The summed E-state index contributed by atoms with van der Waals surface area (Å²) in [4.78, 5) is 30.9. The smallest absolute Gasteiger partial charge is 0.336 e. The lowest BCUT2D eigenvalue weighted by Gasteiger charge is -2.18. The van der Waals surface area contributed by atoms with E-state index >= 15 is 0 Å². The molecule has 0 amide bonds. The Morgan fingerprint density at radius 3 is 1.26 bits per heavy atom. The predicted molar refractivity (Wildman–Crippen MR) is 244 cm³/mol. The number of hydrogen-bond donors (Lipinski definition) is 0. The zero-order valence-corrected chi connectivity index (χ0v) is 36.0. The molecule has 4 nitrogen and oxygen atoms in total. The lowest BCUT2D eigenvalue weighted by molar-refractivity contribution is -0.129. The number of allylic oxidation sites excluding steroid dienone is 2. The van der Waals surface area contributed by atoms with Crippen LogP contribution in [0.5, 0.6) is 11.5 Å². The van der Waals surface area contributed by atoms with Crippen molar-refractivity contribution in [3.63, 3.8) is 0 Å². The molecule has 0 heterocycles. The summed E-state index contributed by atoms with van der Waals surface area (Å²) in [5.74, 6) is 0.0711. The van der Waals surface area contributed by atoms with Gasteiger partial charge in [-0.05, 0) is 132 Å². The van der Waals surface area contributed by atoms with Gasteiger partial charge in [0.2, 0.25) is 0 Å². The SMILES string of the molecule is CC(C)=CC(=O)Oc1ccc(/C(=C(\c2ccccc2)c2ccc(OC(=O)/C=C(\C)Sc3ccc(Sc4ccc(SC(C)(C)C)cc4)cc3)cc2)c2ccccc2)cc1. The maximum absolute atomic E-state index is 13.1. The van der Waals surface area contributed by atoms with Crippen LogP contribution < -0.4 is 9.47 Å². The molecule has 0 aliphatic heterocycles. The zero-order valence-electron chi connectivity index (χ0n) is 33.5. The van der Waals surface area contributed by atoms with Gasteiger partial charge in [0.05, 0.1) is 0 Å². The number of rotatable bonds is 13. The molecule has 58 heavy (non-hydrogen) atoms. The normalized spacial score (nSPS) is 12.0. The Labute approximate surface area is 355 Å². The van der Waals surface area contributed by atoms with Gasteiger partial charge in [-0.15, -0.1) is 11.8 Å². The number of hydrogen-bond acceptors (Lipinski definition) is 7. The minimum Gasteiger partial charge on any atom is -0.423 e. The molecule has 0 aromatic heterocycles. The van der Waals surface area contributed by atoms with Gasteiger partial charge in [0.15, 0.2) is 0 Å². The number of thioether (sulfide) groups is 2. The third kappa shape index (κ3) is 12.5. The molecule has 0 aliphatic carbocycles. The fourth-order valence-corrected chi connectivity index (χ4v) is 8.64. The summed E-state index contributed by atoms with van der Waals surface area (Å²) in [5.41, 5.74) is 6.83. The molecule has 0 fully saturated rings. The molecule has 292 valence electrons. The van der Waals surface area contributed by atoms with E-state index in [-0.39, 0.29) is 4.75 Å². The molecular formula is C51H46O4S3. The van der Waals surface area contributed by atoms with E-state index in [4.69, 9.17) is 9.47 Å². The van der Waals surface area contributed by atoms with E-state index in [0.29, 0.717) is 11.5 Å². The lowest BCUT2D eigenvalue weighted by Crippen LogP contribution is -2.06. The number of ether oxygens (including phenoxy) is 2. The van der Waals surface area contributed by atoms with Gasteiger partial charge in [0.25, 0.3) is 0 Å². The third-order valence-corrected chi connectivity index (χ3v) is 11.5. The van der Waals surface area contributed by atoms with Crippen molar-refractivity contribution < 1.29 is 19.1 Å². The van der Waals surface area contributed by atoms with Gasteiger partial charge in [-0.3, -0.25) is 0 Å². The summed E-state index contributed by atoms with van der Waals surface area (Å²) in [6, 6.07) is 52.7. The van der Waals surface area contributed by atoms with Crippen molar-refractivity contribution in [2.24, 2.45) is 0 Å². The molecule has 0 saturated carbocycles. The van der Waals surface area contributed by atoms with E-state index in [2.05, 4.69) is 93.6 Å². The van der Waals surface area contributed by atoms with Gasteiger partial charge in [-0.1, -0.05) is 135 Å². The second kappa shape index (κ2) is 19.8. The molecule has 7 heteroatoms. The monoisotopic (exact) mass is 818 g/mol. The van der Waals surface area contributed by atoms with Crippen molar-refractivity contribution >= 4 is 58.4 Å². The first-order chi connectivity index (χ1) is 27.9. The molecule has 6 aromatic rings. The summed E-state index contributed by atoms with van der Waals surface area (Å²) >= 11 is 5.13. The average Bonchev–Trinajstić information content (AvgIpc) is 3.19. The number of carbonyl (C=O) groups excluding carboxylic acids is 2. The van der Waals surface area contributed by atoms with Gasteiger partial charge in [-0.25, -0.2) is 9.59 Å². The Balaban J connectivity index is 1.17. The molecular weight excluding hydrogens is 773 g/mol. The van der Waals surface area contributed by atoms with Crippen molar-refractivity contribution in [3.8, 4) is 11.5 Å². The van der Waals surface area contributed by atoms with E-state index in [1.54, 1.807) is 11.8 Å². The van der Waals surface area contributed by atoms with Crippen LogP contribution in [0.25, 0.3) is 11.1 Å². The van der Waals surface area contributed by atoms with Gasteiger partial charge in [0, 0.05) is 36.5 Å². The van der Waals surface area contributed by atoms with Crippen molar-refractivity contribution in [1.82, 2.24) is 0 Å². The van der Waals surface area contributed by atoms with E-state index in [1.807, 2.05) is 117 Å². The Morgan fingerprint density at radius 1 is 0.466 bits per heavy atom. The standard InChI is InChI=1S/C51H46O4S3/c1-35(2)33-47(52)54-41-21-17-39(18-22-41)49(37-13-9-7-10-14-37)50(38-15-11-8-12-16-38)40-19-23-42(24-20-40)55-48(53)34-36(3)56-43-25-27-44(28-26-43)57-45-29-31-46(32-30-45)58-51(4,5)6/h7-34H,1-6H3/b36-34+,50-49+. The summed E-state index contributed by atoms with van der Waals surface area (Å²) in [5, 5.41) is 0. The molecule has 0 atom stereocenters. The van der Waals surface area contributed by atoms with Crippen LogP contribution in [0.1, 0.15) is 63.8 Å². The maximum Gasteiger partial charge on any atom is 0.336 e. The highest BCUT2D eigenvalue weighted by molar-refractivity contribution is 8.03. The predicted octanol–water partition coefficient (Wildman–Crippen LogP) is 14.2. The highest BCUT2D eigenvalue weighted by Crippen LogP contribution is 2.39. The van der Waals surface area contributed by atoms with E-state index in [1.165, 1.54) is 33.7 Å². The molecule has 0 aliphatic rings. The van der Waals surface area contributed by atoms with Gasteiger partial charge in [0.1, 0.15) is 11.5 Å². The molecule has 0 radical (unpaired) electrons. The second-order valence-electron chi connectivity index (χ2n) is 14.7. The van der Waals surface area contributed by atoms with Crippen LogP contribution in [-0.4, -0.2) is 16.7 Å². The highest BCUT2D eigenvalue weighted by atomic mass is 32.2. The summed E-state index contributed by atoms with van der Waals surface area (Å²) in [6.07, 6.45) is 3.00. The fourth-order valence-electron chi connectivity index (χ4n) is 6.05. The van der Waals surface area contributed by atoms with Gasteiger partial charge >= 0.3 is 11.9 Å². The quantitative estimate of drug-likeness (QED) is 0.0378. The van der Waals surface area contributed by atoms with Crippen molar-refractivity contribution in [3.05, 3.63) is 203 Å². The number of benzene rings is 6. The van der Waals surface area contributed by atoms with Crippen LogP contribution in [0.15, 0.2) is 200 Å². The van der Waals surface area contributed by atoms with Gasteiger partial charge in [-0.2, -0.15) is 0 Å². The molecule has 0 unspecified atom stereocenters. The largest absolute Gasteiger partial charge is 0.423 e. The molecule has 0 spiro atoms. The zero-order chi connectivity index (χ0) is 41.1. The van der Waals surface area contributed by atoms with Crippen LogP contribution in [-0.2, 0) is 9.59 Å². The first-order valence-electron chi connectivity index (χ1n) is 19.0. The number of carbonyl (C=O) groups is 2. The van der Waals surface area contributed by atoms with Crippen LogP contribution in [0.2, 0.25) is 0 Å². The van der Waals surface area contributed by atoms with Crippen LogP contribution >= 0.6 is 35.3 Å². The van der Waals surface area contributed by atoms with Crippen LogP contribution in [0.3, 0.4) is 0 Å². The van der Waals surface area contributed by atoms with E-state index in [9.17, 15) is 9.59 Å². The summed E-state index contributed by atoms with van der Waals surface area (Å²) < 4.78 is 11.5. The molecule has 6 aromatic carbocycles. The number of esters is 2. The molecule has 0 N–H and O–H groups in total. The van der Waals surface area contributed by atoms with Crippen molar-refractivity contribution in [2.75, 3.05) is 0 Å². The highest BCUT2D eigenvalue weighted by Gasteiger charge is 2.17. The Hall–Kier alpha value is -5.47. The van der Waals surface area contributed by atoms with Crippen LogP contribution in [0, 0.1) is 0 Å². The molecule has 0 bridgehead atoms. The van der Waals surface area contributed by atoms with Crippen molar-refractivity contribution in [1.29, 1.82) is 0 Å². The summed E-state index contributed by atoms with van der Waals surface area (Å²) in [7, 11) is 0. The second-order valence-corrected chi connectivity index (χ2v) is 19.1. The van der Waals surface area contributed by atoms with Crippen LogP contribution in [0.4, 0.5) is 0 Å². The first-order valence-corrected chi connectivity index (χ1v) is 21.4. The average molecular weight is 819 g/mol. The molecule has 6 rings (SSSR count). The maximum atomic E-state index is 13.1. The third-order valence-electron chi connectivity index (χ3n) is 8.41. The Kier molecular flexibility index (Phi) is 14.4. The molecule has 0 saturated heterocycles. The fraction of sp³-hybridized carbons (Fsp3) is 0.137. The Morgan fingerprint density at radius 2 is 0.845 bits per heavy atom. The topological polar surface area (TPSA) is 52.6 Å².